The van der Waals surface area contributed by atoms with Crippen LogP contribution in [0.1, 0.15) is 12.5 Å². The quantitative estimate of drug-likeness (QED) is 0.871. The van der Waals surface area contributed by atoms with E-state index in [-0.39, 0.29) is 13.1 Å². The Bertz CT molecular complexity index is 505. The summed E-state index contributed by atoms with van der Waals surface area (Å²) in [4.78, 5) is 25.6. The SMILES string of the molecule is CC1(C(=O)O)CN(Cc2ccccc2)CCN1C(=O)O. The molecule has 6 heteroatoms. The zero-order valence-corrected chi connectivity index (χ0v) is 11.3. The van der Waals surface area contributed by atoms with Crippen LogP contribution in [0.4, 0.5) is 4.79 Å². The fourth-order valence-corrected chi connectivity index (χ4v) is 2.55. The van der Waals surface area contributed by atoms with Crippen LogP contribution in [0.25, 0.3) is 0 Å². The number of amides is 1. The molecule has 2 rings (SSSR count). The molecule has 0 bridgehead atoms. The average Bonchev–Trinajstić information content (AvgIpc) is 2.39. The van der Waals surface area contributed by atoms with Crippen molar-refractivity contribution in [1.29, 1.82) is 0 Å². The van der Waals surface area contributed by atoms with Gasteiger partial charge in [0.2, 0.25) is 0 Å². The van der Waals surface area contributed by atoms with Crippen LogP contribution in [0.3, 0.4) is 0 Å². The second-order valence-corrected chi connectivity index (χ2v) is 5.21. The zero-order chi connectivity index (χ0) is 14.8. The largest absolute Gasteiger partial charge is 0.479 e. The fraction of sp³-hybridized carbons (Fsp3) is 0.429. The lowest BCUT2D eigenvalue weighted by atomic mass is 9.96. The van der Waals surface area contributed by atoms with Crippen molar-refractivity contribution < 1.29 is 19.8 Å². The molecular formula is C14H18N2O4. The Morgan fingerprint density at radius 1 is 1.20 bits per heavy atom. The maximum Gasteiger partial charge on any atom is 0.408 e. The predicted molar refractivity (Wildman–Crippen MR) is 72.5 cm³/mol. The predicted octanol–water partition coefficient (Wildman–Crippen LogP) is 1.33. The van der Waals surface area contributed by atoms with Crippen LogP contribution in [0, 0.1) is 0 Å². The molecule has 1 aliphatic heterocycles. The Kier molecular flexibility index (Phi) is 3.94. The van der Waals surface area contributed by atoms with E-state index in [9.17, 15) is 14.7 Å². The Hall–Kier alpha value is -2.08. The van der Waals surface area contributed by atoms with Crippen LogP contribution in [0.15, 0.2) is 30.3 Å². The summed E-state index contributed by atoms with van der Waals surface area (Å²) in [7, 11) is 0. The van der Waals surface area contributed by atoms with Crippen LogP contribution in [0.2, 0.25) is 0 Å². The number of hydrogen-bond donors (Lipinski definition) is 2. The molecule has 1 aromatic carbocycles. The molecule has 1 unspecified atom stereocenters. The van der Waals surface area contributed by atoms with Gasteiger partial charge >= 0.3 is 12.1 Å². The van der Waals surface area contributed by atoms with Crippen LogP contribution in [-0.4, -0.2) is 57.2 Å². The summed E-state index contributed by atoms with van der Waals surface area (Å²) in [6, 6.07) is 9.73. The molecule has 20 heavy (non-hydrogen) atoms. The van der Waals surface area contributed by atoms with Gasteiger partial charge in [-0.3, -0.25) is 9.80 Å². The molecule has 1 aliphatic rings. The molecule has 2 N–H and O–H groups in total. The van der Waals surface area contributed by atoms with Gasteiger partial charge in [-0.05, 0) is 12.5 Å². The number of piperazine rings is 1. The van der Waals surface area contributed by atoms with Crippen molar-refractivity contribution >= 4 is 12.1 Å². The minimum Gasteiger partial charge on any atom is -0.479 e. The van der Waals surface area contributed by atoms with Crippen LogP contribution < -0.4 is 0 Å². The van der Waals surface area contributed by atoms with Gasteiger partial charge in [-0.1, -0.05) is 30.3 Å². The Labute approximate surface area is 117 Å². The second-order valence-electron chi connectivity index (χ2n) is 5.21. The van der Waals surface area contributed by atoms with Gasteiger partial charge in [0.05, 0.1) is 0 Å². The van der Waals surface area contributed by atoms with Gasteiger partial charge in [0.1, 0.15) is 0 Å². The summed E-state index contributed by atoms with van der Waals surface area (Å²) in [5, 5.41) is 18.5. The lowest BCUT2D eigenvalue weighted by Gasteiger charge is -2.44. The summed E-state index contributed by atoms with van der Waals surface area (Å²) in [5.74, 6) is -1.11. The maximum atomic E-state index is 11.5. The highest BCUT2D eigenvalue weighted by molar-refractivity contribution is 5.84. The molecule has 0 aliphatic carbocycles. The molecule has 1 heterocycles. The molecule has 0 aromatic heterocycles. The van der Waals surface area contributed by atoms with E-state index in [1.807, 2.05) is 35.2 Å². The normalized spacial score (nSPS) is 23.6. The molecule has 6 nitrogen and oxygen atoms in total. The van der Waals surface area contributed by atoms with Gasteiger partial charge in [-0.25, -0.2) is 9.59 Å². The second kappa shape index (κ2) is 5.50. The van der Waals surface area contributed by atoms with Gasteiger partial charge in [-0.2, -0.15) is 0 Å². The molecule has 1 fully saturated rings. The smallest absolute Gasteiger partial charge is 0.408 e. The van der Waals surface area contributed by atoms with Gasteiger partial charge in [0, 0.05) is 26.2 Å². The minimum absolute atomic E-state index is 0.184. The van der Waals surface area contributed by atoms with Crippen molar-refractivity contribution in [2.45, 2.75) is 19.0 Å². The molecule has 1 amide bonds. The van der Waals surface area contributed by atoms with Crippen LogP contribution in [-0.2, 0) is 11.3 Å². The van der Waals surface area contributed by atoms with Crippen molar-refractivity contribution in [3.8, 4) is 0 Å². The summed E-state index contributed by atoms with van der Waals surface area (Å²) < 4.78 is 0. The average molecular weight is 278 g/mol. The number of rotatable bonds is 3. The van der Waals surface area contributed by atoms with Gasteiger partial charge in [-0.15, -0.1) is 0 Å². The van der Waals surface area contributed by atoms with Gasteiger partial charge < -0.3 is 10.2 Å². The number of benzene rings is 1. The molecule has 1 aromatic rings. The highest BCUT2D eigenvalue weighted by Gasteiger charge is 2.46. The third-order valence-corrected chi connectivity index (χ3v) is 3.71. The summed E-state index contributed by atoms with van der Waals surface area (Å²) >= 11 is 0. The van der Waals surface area contributed by atoms with Crippen molar-refractivity contribution in [2.24, 2.45) is 0 Å². The van der Waals surface area contributed by atoms with E-state index >= 15 is 0 Å². The van der Waals surface area contributed by atoms with E-state index < -0.39 is 17.6 Å². The van der Waals surface area contributed by atoms with Gasteiger partial charge in [0.25, 0.3) is 0 Å². The molecular weight excluding hydrogens is 260 g/mol. The minimum atomic E-state index is -1.40. The number of carboxylic acid groups (broad SMARTS) is 2. The zero-order valence-electron chi connectivity index (χ0n) is 11.3. The Morgan fingerprint density at radius 2 is 1.85 bits per heavy atom. The van der Waals surface area contributed by atoms with E-state index in [1.54, 1.807) is 0 Å². The molecule has 108 valence electrons. The maximum absolute atomic E-state index is 11.5. The third kappa shape index (κ3) is 2.75. The first-order valence-electron chi connectivity index (χ1n) is 6.44. The van der Waals surface area contributed by atoms with E-state index in [0.29, 0.717) is 13.1 Å². The highest BCUT2D eigenvalue weighted by Crippen LogP contribution is 2.23. The molecule has 1 atom stereocenters. The van der Waals surface area contributed by atoms with E-state index in [0.717, 1.165) is 10.5 Å². The number of carboxylic acids is 1. The molecule has 1 saturated heterocycles. The monoisotopic (exact) mass is 278 g/mol. The lowest BCUT2D eigenvalue weighted by molar-refractivity contribution is -0.153. The highest BCUT2D eigenvalue weighted by atomic mass is 16.4. The molecule has 0 saturated carbocycles. The fourth-order valence-electron chi connectivity index (χ4n) is 2.55. The van der Waals surface area contributed by atoms with Gasteiger partial charge in [0.15, 0.2) is 5.54 Å². The number of carbonyl (C=O) groups is 2. The molecule has 0 radical (unpaired) electrons. The van der Waals surface area contributed by atoms with Crippen LogP contribution in [0.5, 0.6) is 0 Å². The van der Waals surface area contributed by atoms with E-state index in [2.05, 4.69) is 0 Å². The first kappa shape index (κ1) is 14.3. The van der Waals surface area contributed by atoms with Crippen molar-refractivity contribution in [2.75, 3.05) is 19.6 Å². The summed E-state index contributed by atoms with van der Waals surface area (Å²) in [6.07, 6.45) is -1.19. The van der Waals surface area contributed by atoms with Crippen LogP contribution >= 0.6 is 0 Å². The van der Waals surface area contributed by atoms with Crippen molar-refractivity contribution in [3.05, 3.63) is 35.9 Å². The summed E-state index contributed by atoms with van der Waals surface area (Å²) in [6.45, 7) is 3.00. The van der Waals surface area contributed by atoms with Crippen molar-refractivity contribution in [1.82, 2.24) is 9.80 Å². The number of aliphatic carboxylic acids is 1. The van der Waals surface area contributed by atoms with E-state index in [4.69, 9.17) is 5.11 Å². The topological polar surface area (TPSA) is 81.1 Å². The number of nitrogens with zero attached hydrogens (tertiary/aromatic N) is 2. The van der Waals surface area contributed by atoms with E-state index in [1.165, 1.54) is 6.92 Å². The lowest BCUT2D eigenvalue weighted by Crippen LogP contribution is -2.65. The number of hydrogen-bond acceptors (Lipinski definition) is 3. The third-order valence-electron chi connectivity index (χ3n) is 3.71. The summed E-state index contributed by atoms with van der Waals surface area (Å²) in [5.41, 5.74) is -0.317. The first-order chi connectivity index (χ1) is 9.43. The molecule has 0 spiro atoms. The van der Waals surface area contributed by atoms with Crippen molar-refractivity contribution in [3.63, 3.8) is 0 Å². The Balaban J connectivity index is 2.13. The standard InChI is InChI=1S/C14H18N2O4/c1-14(12(17)18)10-15(7-8-16(14)13(19)20)9-11-5-3-2-4-6-11/h2-6H,7-10H2,1H3,(H,17,18)(H,19,20). The Morgan fingerprint density at radius 3 is 2.40 bits per heavy atom. The first-order valence-corrected chi connectivity index (χ1v) is 6.44.